The third-order valence-corrected chi connectivity index (χ3v) is 4.78. The molecule has 0 spiro atoms. The monoisotopic (exact) mass is 270 g/mol. The van der Waals surface area contributed by atoms with Crippen molar-refractivity contribution < 1.29 is 0 Å². The number of rotatable bonds is 2. The summed E-state index contributed by atoms with van der Waals surface area (Å²) >= 11 is 0. The lowest BCUT2D eigenvalue weighted by molar-refractivity contribution is 0.751. The van der Waals surface area contributed by atoms with Gasteiger partial charge in [-0.2, -0.15) is 0 Å². The van der Waals surface area contributed by atoms with Crippen molar-refractivity contribution >= 4 is 21.5 Å². The molecule has 3 aromatic carbocycles. The molecule has 1 aliphatic carbocycles. The first-order valence-electron chi connectivity index (χ1n) is 7.51. The fourth-order valence-corrected chi connectivity index (χ4v) is 3.64. The molecule has 0 radical (unpaired) electrons. The van der Waals surface area contributed by atoms with Crippen LogP contribution < -0.4 is 0 Å². The van der Waals surface area contributed by atoms with E-state index in [1.54, 1.807) is 0 Å². The quantitative estimate of drug-likeness (QED) is 0.399. The molecule has 0 saturated carbocycles. The third kappa shape index (κ3) is 1.83. The molecule has 0 aromatic heterocycles. The van der Waals surface area contributed by atoms with Crippen LogP contribution in [0, 0.1) is 0 Å². The van der Waals surface area contributed by atoms with Crippen LogP contribution in [0.15, 0.2) is 73.8 Å². The van der Waals surface area contributed by atoms with E-state index in [2.05, 4.69) is 73.8 Å². The molecular formula is C21H18. The molecule has 0 N–H and O–H groups in total. The molecule has 0 bridgehead atoms. The standard InChI is InChI=1S/C21H18/c1-3-14-9-15(4-2)21-13-19-11-17-8-6-5-7-16(17)10-18(19)12-20(14)21/h3-8,10-15H,1-2,9H2. The molecular weight excluding hydrogens is 252 g/mol. The number of benzene rings is 3. The number of fused-ring (bicyclic) bond motifs is 3. The van der Waals surface area contributed by atoms with Gasteiger partial charge in [0.05, 0.1) is 0 Å². The number of hydrogen-bond acceptors (Lipinski definition) is 0. The Kier molecular flexibility index (Phi) is 2.71. The average Bonchev–Trinajstić information content (AvgIpc) is 2.87. The van der Waals surface area contributed by atoms with Gasteiger partial charge in [-0.1, -0.05) is 48.6 Å². The smallest absolute Gasteiger partial charge is 0.00272 e. The molecule has 3 aromatic rings. The molecule has 1 aliphatic rings. The molecule has 0 amide bonds. The molecule has 0 aliphatic heterocycles. The maximum atomic E-state index is 4.01. The van der Waals surface area contributed by atoms with Crippen LogP contribution in [-0.4, -0.2) is 0 Å². The summed E-state index contributed by atoms with van der Waals surface area (Å²) in [5.74, 6) is 0.915. The zero-order valence-electron chi connectivity index (χ0n) is 12.0. The molecule has 0 nitrogen and oxygen atoms in total. The van der Waals surface area contributed by atoms with Gasteiger partial charge in [0.1, 0.15) is 0 Å². The molecule has 102 valence electrons. The van der Waals surface area contributed by atoms with E-state index in [-0.39, 0.29) is 0 Å². The van der Waals surface area contributed by atoms with Crippen LogP contribution in [0.5, 0.6) is 0 Å². The van der Waals surface area contributed by atoms with Gasteiger partial charge in [0.2, 0.25) is 0 Å². The Morgan fingerprint density at radius 1 is 0.714 bits per heavy atom. The molecule has 4 rings (SSSR count). The minimum atomic E-state index is 0.457. The van der Waals surface area contributed by atoms with E-state index in [0.717, 1.165) is 6.42 Å². The van der Waals surface area contributed by atoms with Gasteiger partial charge in [0.15, 0.2) is 0 Å². The minimum absolute atomic E-state index is 0.457. The third-order valence-electron chi connectivity index (χ3n) is 4.78. The molecule has 0 fully saturated rings. The highest BCUT2D eigenvalue weighted by Crippen LogP contribution is 2.44. The Morgan fingerprint density at radius 2 is 1.19 bits per heavy atom. The second-order valence-electron chi connectivity index (χ2n) is 5.95. The van der Waals surface area contributed by atoms with Crippen LogP contribution in [0.2, 0.25) is 0 Å². The van der Waals surface area contributed by atoms with E-state index in [1.807, 2.05) is 0 Å². The van der Waals surface area contributed by atoms with Crippen molar-refractivity contribution in [3.63, 3.8) is 0 Å². The van der Waals surface area contributed by atoms with E-state index in [4.69, 9.17) is 0 Å². The first kappa shape index (κ1) is 12.4. The van der Waals surface area contributed by atoms with Gasteiger partial charge in [-0.25, -0.2) is 0 Å². The largest absolute Gasteiger partial charge is 0.102 e. The van der Waals surface area contributed by atoms with Crippen LogP contribution in [0.4, 0.5) is 0 Å². The molecule has 2 atom stereocenters. The first-order chi connectivity index (χ1) is 10.3. The average molecular weight is 270 g/mol. The van der Waals surface area contributed by atoms with Gasteiger partial charge >= 0.3 is 0 Å². The van der Waals surface area contributed by atoms with E-state index >= 15 is 0 Å². The van der Waals surface area contributed by atoms with Crippen molar-refractivity contribution in [3.05, 3.63) is 85.0 Å². The Labute approximate surface area is 125 Å². The lowest BCUT2D eigenvalue weighted by atomic mass is 9.95. The minimum Gasteiger partial charge on any atom is -0.102 e. The Morgan fingerprint density at radius 3 is 1.62 bits per heavy atom. The van der Waals surface area contributed by atoms with Crippen molar-refractivity contribution in [2.24, 2.45) is 0 Å². The van der Waals surface area contributed by atoms with E-state index in [0.29, 0.717) is 11.8 Å². The second kappa shape index (κ2) is 4.60. The summed E-state index contributed by atoms with van der Waals surface area (Å²) in [6.07, 6.45) is 5.27. The Bertz CT molecular complexity index is 798. The number of hydrogen-bond donors (Lipinski definition) is 0. The van der Waals surface area contributed by atoms with Gasteiger partial charge in [-0.3, -0.25) is 0 Å². The lowest BCUT2D eigenvalue weighted by Gasteiger charge is -2.10. The maximum Gasteiger partial charge on any atom is 0.00272 e. The van der Waals surface area contributed by atoms with Crippen molar-refractivity contribution in [2.45, 2.75) is 18.3 Å². The Balaban J connectivity index is 2.03. The summed E-state index contributed by atoms with van der Waals surface area (Å²) in [5.41, 5.74) is 2.86. The van der Waals surface area contributed by atoms with Gasteiger partial charge < -0.3 is 0 Å². The molecule has 21 heavy (non-hydrogen) atoms. The van der Waals surface area contributed by atoms with Crippen LogP contribution >= 0.6 is 0 Å². The molecule has 0 heterocycles. The summed E-state index contributed by atoms with van der Waals surface area (Å²) in [5, 5.41) is 5.25. The molecule has 0 saturated heterocycles. The van der Waals surface area contributed by atoms with Crippen LogP contribution in [0.3, 0.4) is 0 Å². The van der Waals surface area contributed by atoms with E-state index in [1.165, 1.54) is 32.7 Å². The summed E-state index contributed by atoms with van der Waals surface area (Å²) < 4.78 is 0. The highest BCUT2D eigenvalue weighted by molar-refractivity contribution is 5.99. The SMILES string of the molecule is C=CC1CC(C=C)c2cc3cc4ccccc4cc3cc21. The van der Waals surface area contributed by atoms with Crippen LogP contribution in [0.25, 0.3) is 21.5 Å². The van der Waals surface area contributed by atoms with Crippen molar-refractivity contribution in [1.82, 2.24) is 0 Å². The van der Waals surface area contributed by atoms with Crippen molar-refractivity contribution in [3.8, 4) is 0 Å². The zero-order valence-corrected chi connectivity index (χ0v) is 12.0. The number of allylic oxidation sites excluding steroid dienone is 2. The van der Waals surface area contributed by atoms with Crippen molar-refractivity contribution in [2.75, 3.05) is 0 Å². The fourth-order valence-electron chi connectivity index (χ4n) is 3.64. The normalized spacial score (nSPS) is 20.6. The summed E-state index contributed by atoms with van der Waals surface area (Å²) in [4.78, 5) is 0. The van der Waals surface area contributed by atoms with Gasteiger partial charge in [-0.05, 0) is 51.2 Å². The van der Waals surface area contributed by atoms with Crippen LogP contribution in [0.1, 0.15) is 29.4 Å². The fraction of sp³-hybridized carbons (Fsp3) is 0.143. The Hall–Kier alpha value is -2.34. The molecule has 2 unspecified atom stereocenters. The van der Waals surface area contributed by atoms with Crippen molar-refractivity contribution in [1.29, 1.82) is 0 Å². The second-order valence-corrected chi connectivity index (χ2v) is 5.95. The van der Waals surface area contributed by atoms with Gasteiger partial charge in [0, 0.05) is 11.8 Å². The highest BCUT2D eigenvalue weighted by Gasteiger charge is 2.27. The zero-order chi connectivity index (χ0) is 14.4. The summed E-state index contributed by atoms with van der Waals surface area (Å²) in [6, 6.07) is 17.9. The topological polar surface area (TPSA) is 0 Å². The summed E-state index contributed by atoms with van der Waals surface area (Å²) in [6.45, 7) is 8.01. The van der Waals surface area contributed by atoms with Crippen LogP contribution in [-0.2, 0) is 0 Å². The van der Waals surface area contributed by atoms with Gasteiger partial charge in [-0.15, -0.1) is 13.2 Å². The summed E-state index contributed by atoms with van der Waals surface area (Å²) in [7, 11) is 0. The van der Waals surface area contributed by atoms with E-state index < -0.39 is 0 Å². The van der Waals surface area contributed by atoms with Gasteiger partial charge in [0.25, 0.3) is 0 Å². The van der Waals surface area contributed by atoms with E-state index in [9.17, 15) is 0 Å². The first-order valence-corrected chi connectivity index (χ1v) is 7.51. The molecule has 0 heteroatoms. The highest BCUT2D eigenvalue weighted by atomic mass is 14.3. The lowest BCUT2D eigenvalue weighted by Crippen LogP contribution is -1.89. The maximum absolute atomic E-state index is 4.01. The predicted octanol–water partition coefficient (Wildman–Crippen LogP) is 5.94. The predicted molar refractivity (Wildman–Crippen MR) is 91.9 cm³/mol.